The number of likely N-dealkylation sites (tertiary alicyclic amines) is 1. The van der Waals surface area contributed by atoms with Crippen molar-refractivity contribution < 1.29 is 9.18 Å². The Balaban J connectivity index is 1.13. The van der Waals surface area contributed by atoms with Crippen LogP contribution in [0.5, 0.6) is 0 Å². The summed E-state index contributed by atoms with van der Waals surface area (Å²) in [6.45, 7) is 5.64. The Morgan fingerprint density at radius 1 is 1.06 bits per heavy atom. The molecule has 2 saturated heterocycles. The first kappa shape index (κ1) is 23.6. The van der Waals surface area contributed by atoms with Crippen LogP contribution in [0.25, 0.3) is 5.65 Å². The average Bonchev–Trinajstić information content (AvgIpc) is 3.28. The van der Waals surface area contributed by atoms with Gasteiger partial charge in [0.1, 0.15) is 12.0 Å². The van der Waals surface area contributed by atoms with Crippen molar-refractivity contribution in [3.8, 4) is 0 Å². The minimum atomic E-state index is -1.09. The van der Waals surface area contributed by atoms with Crippen molar-refractivity contribution in [3.63, 3.8) is 0 Å². The summed E-state index contributed by atoms with van der Waals surface area (Å²) in [7, 11) is 2.12. The SMILES string of the molecule is CN1CCN(c2ccc3nnc(CCC(=O)N[C@@H]4CCN(Cc5ccccc5)C[C@@H]4F)n3n2)CC1. The molecule has 2 fully saturated rings. The standard InChI is InChI=1S/C25H33FN8O/c1-31-13-15-33(16-14-31)24-8-7-22-28-29-23(34(22)30-24)9-10-25(35)27-21-11-12-32(18-20(21)26)17-19-5-3-2-4-6-19/h2-8,20-21H,9-18H2,1H3,(H,27,35)/t20-,21+/m0/s1. The Bertz CT molecular complexity index is 1130. The predicted molar refractivity (Wildman–Crippen MR) is 132 cm³/mol. The molecule has 0 bridgehead atoms. The second-order valence-electron chi connectivity index (χ2n) is 9.57. The molecule has 2 aromatic heterocycles. The van der Waals surface area contributed by atoms with Crippen LogP contribution in [0.15, 0.2) is 42.5 Å². The summed E-state index contributed by atoms with van der Waals surface area (Å²) in [6, 6.07) is 13.5. The van der Waals surface area contributed by atoms with Crippen molar-refractivity contribution in [2.45, 2.75) is 38.0 Å². The highest BCUT2D eigenvalue weighted by molar-refractivity contribution is 5.76. The van der Waals surface area contributed by atoms with Crippen molar-refractivity contribution >= 4 is 17.4 Å². The number of aryl methyl sites for hydroxylation is 1. The largest absolute Gasteiger partial charge is 0.353 e. The second-order valence-corrected chi connectivity index (χ2v) is 9.57. The molecule has 10 heteroatoms. The lowest BCUT2D eigenvalue weighted by Gasteiger charge is -2.35. The van der Waals surface area contributed by atoms with Gasteiger partial charge in [0.15, 0.2) is 11.5 Å². The number of amides is 1. The molecule has 2 aliphatic heterocycles. The summed E-state index contributed by atoms with van der Waals surface area (Å²) in [5.41, 5.74) is 1.83. The van der Waals surface area contributed by atoms with Crippen LogP contribution in [0.3, 0.4) is 0 Å². The third kappa shape index (κ3) is 5.76. The zero-order valence-electron chi connectivity index (χ0n) is 20.2. The van der Waals surface area contributed by atoms with E-state index in [0.29, 0.717) is 30.9 Å². The number of hydrogen-bond acceptors (Lipinski definition) is 7. The molecular formula is C25H33FN8O. The number of hydrogen-bond donors (Lipinski definition) is 1. The van der Waals surface area contributed by atoms with Crippen molar-refractivity contribution in [2.24, 2.45) is 0 Å². The fourth-order valence-electron chi connectivity index (χ4n) is 4.80. The van der Waals surface area contributed by atoms with Crippen molar-refractivity contribution in [1.82, 2.24) is 34.9 Å². The first-order chi connectivity index (χ1) is 17.0. The molecule has 0 spiro atoms. The molecule has 9 nitrogen and oxygen atoms in total. The number of likely N-dealkylation sites (N-methyl/N-ethyl adjacent to an activating group) is 1. The number of piperidine rings is 1. The van der Waals surface area contributed by atoms with Gasteiger partial charge in [0.25, 0.3) is 0 Å². The van der Waals surface area contributed by atoms with Crippen molar-refractivity contribution in [2.75, 3.05) is 51.2 Å². The Kier molecular flexibility index (Phi) is 7.19. The van der Waals surface area contributed by atoms with Crippen LogP contribution in [-0.2, 0) is 17.8 Å². The topological polar surface area (TPSA) is 81.9 Å². The minimum absolute atomic E-state index is 0.166. The van der Waals surface area contributed by atoms with Crippen molar-refractivity contribution in [3.05, 3.63) is 53.9 Å². The fourth-order valence-corrected chi connectivity index (χ4v) is 4.80. The Morgan fingerprint density at radius 2 is 1.86 bits per heavy atom. The van der Waals surface area contributed by atoms with Gasteiger partial charge in [0.05, 0.1) is 6.04 Å². The van der Waals surface area contributed by atoms with Gasteiger partial charge in [-0.2, -0.15) is 4.52 Å². The molecule has 1 aromatic carbocycles. The van der Waals surface area contributed by atoms with Gasteiger partial charge in [-0.15, -0.1) is 15.3 Å². The van der Waals surface area contributed by atoms with Gasteiger partial charge >= 0.3 is 0 Å². The second kappa shape index (κ2) is 10.7. The quantitative estimate of drug-likeness (QED) is 0.549. The van der Waals surface area contributed by atoms with E-state index >= 15 is 0 Å². The van der Waals surface area contributed by atoms with E-state index in [9.17, 15) is 9.18 Å². The molecule has 186 valence electrons. The number of fused-ring (bicyclic) bond motifs is 1. The summed E-state index contributed by atoms with van der Waals surface area (Å²) >= 11 is 0. The molecule has 2 atom stereocenters. The van der Waals surface area contributed by atoms with E-state index in [0.717, 1.165) is 45.1 Å². The molecular weight excluding hydrogens is 447 g/mol. The van der Waals surface area contributed by atoms with E-state index in [-0.39, 0.29) is 12.3 Å². The van der Waals surface area contributed by atoms with Crippen LogP contribution in [0, 0.1) is 0 Å². The van der Waals surface area contributed by atoms with Crippen LogP contribution in [0.2, 0.25) is 0 Å². The number of aromatic nitrogens is 4. The van der Waals surface area contributed by atoms with Crippen LogP contribution in [-0.4, -0.2) is 94.0 Å². The minimum Gasteiger partial charge on any atom is -0.353 e. The number of rotatable bonds is 7. The van der Waals surface area contributed by atoms with Gasteiger partial charge in [0.2, 0.25) is 5.91 Å². The van der Waals surface area contributed by atoms with Gasteiger partial charge < -0.3 is 15.1 Å². The molecule has 1 N–H and O–H groups in total. The van der Waals surface area contributed by atoms with E-state index in [1.807, 2.05) is 30.3 Å². The first-order valence-corrected chi connectivity index (χ1v) is 12.4. The van der Waals surface area contributed by atoms with Crippen LogP contribution in [0.1, 0.15) is 24.2 Å². The number of piperazine rings is 1. The Labute approximate surface area is 204 Å². The number of carbonyl (C=O) groups is 1. The fraction of sp³-hybridized carbons (Fsp3) is 0.520. The molecule has 0 aliphatic carbocycles. The van der Waals surface area contributed by atoms with E-state index in [1.54, 1.807) is 4.52 Å². The number of nitrogens with zero attached hydrogens (tertiary/aromatic N) is 7. The molecule has 3 aromatic rings. The van der Waals surface area contributed by atoms with Crippen molar-refractivity contribution in [1.29, 1.82) is 0 Å². The number of carbonyl (C=O) groups excluding carboxylic acids is 1. The molecule has 1 amide bonds. The van der Waals surface area contributed by atoms with E-state index < -0.39 is 12.2 Å². The third-order valence-corrected chi connectivity index (χ3v) is 6.94. The van der Waals surface area contributed by atoms with Gasteiger partial charge in [0, 0.05) is 58.7 Å². The van der Waals surface area contributed by atoms with Crippen LogP contribution in [0.4, 0.5) is 10.2 Å². The summed E-state index contributed by atoms with van der Waals surface area (Å²) in [6.07, 6.45) is 0.135. The number of benzene rings is 1. The molecule has 4 heterocycles. The van der Waals surface area contributed by atoms with Gasteiger partial charge in [-0.3, -0.25) is 9.69 Å². The zero-order chi connectivity index (χ0) is 24.2. The lowest BCUT2D eigenvalue weighted by molar-refractivity contribution is -0.122. The predicted octanol–water partition coefficient (Wildman–Crippen LogP) is 1.54. The zero-order valence-corrected chi connectivity index (χ0v) is 20.2. The number of anilines is 1. The smallest absolute Gasteiger partial charge is 0.220 e. The van der Waals surface area contributed by atoms with Gasteiger partial charge in [-0.05, 0) is 31.2 Å². The highest BCUT2D eigenvalue weighted by atomic mass is 19.1. The molecule has 0 saturated carbocycles. The van der Waals surface area contributed by atoms with Gasteiger partial charge in [-0.25, -0.2) is 4.39 Å². The highest BCUT2D eigenvalue weighted by Gasteiger charge is 2.30. The van der Waals surface area contributed by atoms with E-state index in [4.69, 9.17) is 5.10 Å². The average molecular weight is 481 g/mol. The maximum absolute atomic E-state index is 14.8. The molecule has 0 unspecified atom stereocenters. The molecule has 0 radical (unpaired) electrons. The molecule has 2 aliphatic rings. The molecule has 5 rings (SSSR count). The number of alkyl halides is 1. The number of nitrogens with one attached hydrogen (secondary N) is 1. The van der Waals surface area contributed by atoms with Gasteiger partial charge in [-0.1, -0.05) is 30.3 Å². The van der Waals surface area contributed by atoms with Crippen LogP contribution >= 0.6 is 0 Å². The monoisotopic (exact) mass is 480 g/mol. The summed E-state index contributed by atoms with van der Waals surface area (Å²) in [5.74, 6) is 1.36. The highest BCUT2D eigenvalue weighted by Crippen LogP contribution is 2.18. The normalized spacial score (nSPS) is 21.9. The Hall–Kier alpha value is -3.11. The lowest BCUT2D eigenvalue weighted by atomic mass is 10.0. The Morgan fingerprint density at radius 3 is 2.63 bits per heavy atom. The summed E-state index contributed by atoms with van der Waals surface area (Å²) < 4.78 is 16.6. The van der Waals surface area contributed by atoms with E-state index in [1.165, 1.54) is 5.56 Å². The van der Waals surface area contributed by atoms with Crippen LogP contribution < -0.4 is 10.2 Å². The maximum Gasteiger partial charge on any atom is 0.220 e. The summed E-state index contributed by atoms with van der Waals surface area (Å²) in [5, 5.41) is 16.1. The molecule has 35 heavy (non-hydrogen) atoms. The third-order valence-electron chi connectivity index (χ3n) is 6.94. The van der Waals surface area contributed by atoms with E-state index in [2.05, 4.69) is 49.4 Å². The lowest BCUT2D eigenvalue weighted by Crippen LogP contribution is -2.52. The number of halogens is 1. The maximum atomic E-state index is 14.8. The first-order valence-electron chi connectivity index (χ1n) is 12.4. The summed E-state index contributed by atoms with van der Waals surface area (Å²) in [4.78, 5) is 19.3.